The summed E-state index contributed by atoms with van der Waals surface area (Å²) in [6.07, 6.45) is 6.17. The van der Waals surface area contributed by atoms with Crippen LogP contribution in [0, 0.1) is 18.3 Å². The van der Waals surface area contributed by atoms with E-state index in [2.05, 4.69) is 21.1 Å². The second-order valence-electron chi connectivity index (χ2n) is 5.92. The summed E-state index contributed by atoms with van der Waals surface area (Å²) in [5, 5.41) is 13.4. The van der Waals surface area contributed by atoms with E-state index in [0.29, 0.717) is 31.0 Å². The maximum Gasteiger partial charge on any atom is 0.244 e. The van der Waals surface area contributed by atoms with Gasteiger partial charge in [-0.25, -0.2) is 4.98 Å². The number of hydrogen-bond acceptors (Lipinski definition) is 5. The summed E-state index contributed by atoms with van der Waals surface area (Å²) in [6.45, 7) is 5.02. The first-order valence-electron chi connectivity index (χ1n) is 8.04. The first-order valence-corrected chi connectivity index (χ1v) is 8.04. The summed E-state index contributed by atoms with van der Waals surface area (Å²) in [7, 11) is 0. The number of carbonyl (C=O) groups is 1. The quantitative estimate of drug-likeness (QED) is 0.847. The molecule has 0 aromatic carbocycles. The van der Waals surface area contributed by atoms with Crippen molar-refractivity contribution in [3.8, 4) is 6.07 Å². The number of aryl methyl sites for hydroxylation is 1. The van der Waals surface area contributed by atoms with Gasteiger partial charge in [0.2, 0.25) is 5.91 Å². The minimum absolute atomic E-state index is 0.0708. The third kappa shape index (κ3) is 3.54. The Bertz CT molecular complexity index is 762. The minimum Gasteiger partial charge on any atom is -0.354 e. The predicted molar refractivity (Wildman–Crippen MR) is 89.3 cm³/mol. The number of nitrogens with zero attached hydrogens (tertiary/aromatic N) is 6. The Balaban J connectivity index is 1.64. The van der Waals surface area contributed by atoms with Gasteiger partial charge < -0.3 is 9.80 Å². The standard InChI is InChI=1S/C17H20N6O/c1-14-11-20-23(12-14)13-16(24)21-6-3-7-22(9-8-21)17-15(10-18)4-2-5-19-17/h2,4-5,11-12H,3,6-9,13H2,1H3. The molecule has 0 spiro atoms. The van der Waals surface area contributed by atoms with Crippen molar-refractivity contribution in [1.82, 2.24) is 19.7 Å². The molecular formula is C17H20N6O. The van der Waals surface area contributed by atoms with Crippen molar-refractivity contribution in [2.75, 3.05) is 31.1 Å². The topological polar surface area (TPSA) is 78.1 Å². The molecule has 1 aliphatic rings. The van der Waals surface area contributed by atoms with Crippen LogP contribution in [0.5, 0.6) is 0 Å². The summed E-state index contributed by atoms with van der Waals surface area (Å²) in [5.74, 6) is 0.776. The zero-order valence-electron chi connectivity index (χ0n) is 13.7. The summed E-state index contributed by atoms with van der Waals surface area (Å²) in [5.41, 5.74) is 1.62. The van der Waals surface area contributed by atoms with Gasteiger partial charge in [0, 0.05) is 38.6 Å². The van der Waals surface area contributed by atoms with E-state index in [0.717, 1.165) is 18.5 Å². The monoisotopic (exact) mass is 324 g/mol. The Labute approximate surface area is 141 Å². The van der Waals surface area contributed by atoms with E-state index in [4.69, 9.17) is 0 Å². The summed E-state index contributed by atoms with van der Waals surface area (Å²) >= 11 is 0. The van der Waals surface area contributed by atoms with Crippen LogP contribution in [0.25, 0.3) is 0 Å². The fourth-order valence-electron chi connectivity index (χ4n) is 2.91. The molecule has 0 atom stereocenters. The summed E-state index contributed by atoms with van der Waals surface area (Å²) in [6, 6.07) is 5.73. The smallest absolute Gasteiger partial charge is 0.244 e. The number of pyridine rings is 1. The van der Waals surface area contributed by atoms with Crippen LogP contribution in [0.2, 0.25) is 0 Å². The SMILES string of the molecule is Cc1cnn(CC(=O)N2CCCN(c3ncccc3C#N)CC2)c1. The lowest BCUT2D eigenvalue weighted by molar-refractivity contribution is -0.131. The number of aromatic nitrogens is 3. The molecule has 0 unspecified atom stereocenters. The number of hydrogen-bond donors (Lipinski definition) is 0. The van der Waals surface area contributed by atoms with Gasteiger partial charge in [-0.3, -0.25) is 9.48 Å². The van der Waals surface area contributed by atoms with E-state index < -0.39 is 0 Å². The molecule has 3 heterocycles. The highest BCUT2D eigenvalue weighted by Crippen LogP contribution is 2.18. The van der Waals surface area contributed by atoms with Crippen LogP contribution in [0.1, 0.15) is 17.5 Å². The van der Waals surface area contributed by atoms with Crippen molar-refractivity contribution < 1.29 is 4.79 Å². The molecule has 3 rings (SSSR count). The second kappa shape index (κ2) is 7.13. The van der Waals surface area contributed by atoms with Gasteiger partial charge in [-0.15, -0.1) is 0 Å². The van der Waals surface area contributed by atoms with Gasteiger partial charge in [-0.2, -0.15) is 10.4 Å². The van der Waals surface area contributed by atoms with Gasteiger partial charge in [0.1, 0.15) is 18.4 Å². The predicted octanol–water partition coefficient (Wildman–Crippen LogP) is 1.20. The zero-order valence-corrected chi connectivity index (χ0v) is 13.7. The highest BCUT2D eigenvalue weighted by atomic mass is 16.2. The molecule has 1 amide bonds. The molecule has 0 aliphatic carbocycles. The first-order chi connectivity index (χ1) is 11.7. The van der Waals surface area contributed by atoms with E-state index in [9.17, 15) is 10.1 Å². The van der Waals surface area contributed by atoms with Crippen LogP contribution >= 0.6 is 0 Å². The van der Waals surface area contributed by atoms with Gasteiger partial charge in [-0.1, -0.05) is 0 Å². The van der Waals surface area contributed by atoms with E-state index >= 15 is 0 Å². The summed E-state index contributed by atoms with van der Waals surface area (Å²) in [4.78, 5) is 20.8. The Kier molecular flexibility index (Phi) is 4.75. The van der Waals surface area contributed by atoms with Crippen molar-refractivity contribution in [3.63, 3.8) is 0 Å². The van der Waals surface area contributed by atoms with Crippen molar-refractivity contribution in [3.05, 3.63) is 41.9 Å². The average molecular weight is 324 g/mol. The van der Waals surface area contributed by atoms with Gasteiger partial charge in [0.05, 0.1) is 11.8 Å². The molecule has 0 radical (unpaired) electrons. The van der Waals surface area contributed by atoms with Crippen LogP contribution in [0.3, 0.4) is 0 Å². The fourth-order valence-corrected chi connectivity index (χ4v) is 2.91. The molecule has 1 aliphatic heterocycles. The maximum absolute atomic E-state index is 12.5. The molecule has 0 N–H and O–H groups in total. The molecule has 1 saturated heterocycles. The minimum atomic E-state index is 0.0708. The Morgan fingerprint density at radius 2 is 2.21 bits per heavy atom. The molecule has 124 valence electrons. The first kappa shape index (κ1) is 16.0. The van der Waals surface area contributed by atoms with Crippen molar-refractivity contribution in [2.45, 2.75) is 19.9 Å². The molecular weight excluding hydrogens is 304 g/mol. The fraction of sp³-hybridized carbons (Fsp3) is 0.412. The lowest BCUT2D eigenvalue weighted by atomic mass is 10.2. The third-order valence-corrected chi connectivity index (χ3v) is 4.11. The van der Waals surface area contributed by atoms with Crippen LogP contribution in [-0.2, 0) is 11.3 Å². The molecule has 24 heavy (non-hydrogen) atoms. The summed E-state index contributed by atoms with van der Waals surface area (Å²) < 4.78 is 1.67. The number of nitriles is 1. The van der Waals surface area contributed by atoms with Crippen LogP contribution < -0.4 is 4.90 Å². The molecule has 2 aromatic heterocycles. The maximum atomic E-state index is 12.5. The lowest BCUT2D eigenvalue weighted by Crippen LogP contribution is -2.37. The highest BCUT2D eigenvalue weighted by Gasteiger charge is 2.21. The number of anilines is 1. The number of amides is 1. The normalized spacial score (nSPS) is 15.0. The Hall–Kier alpha value is -2.88. The molecule has 2 aromatic rings. The second-order valence-corrected chi connectivity index (χ2v) is 5.92. The van der Waals surface area contributed by atoms with E-state index in [-0.39, 0.29) is 12.5 Å². The van der Waals surface area contributed by atoms with Crippen molar-refractivity contribution in [1.29, 1.82) is 5.26 Å². The van der Waals surface area contributed by atoms with Gasteiger partial charge >= 0.3 is 0 Å². The largest absolute Gasteiger partial charge is 0.354 e. The van der Waals surface area contributed by atoms with E-state index in [1.54, 1.807) is 29.2 Å². The van der Waals surface area contributed by atoms with Gasteiger partial charge in [0.15, 0.2) is 0 Å². The van der Waals surface area contributed by atoms with E-state index in [1.165, 1.54) is 0 Å². The van der Waals surface area contributed by atoms with Crippen molar-refractivity contribution >= 4 is 11.7 Å². The Morgan fingerprint density at radius 1 is 1.33 bits per heavy atom. The molecule has 1 fully saturated rings. The van der Waals surface area contributed by atoms with Crippen molar-refractivity contribution in [2.24, 2.45) is 0 Å². The average Bonchev–Trinajstić information content (AvgIpc) is 2.86. The number of carbonyl (C=O) groups excluding carboxylic acids is 1. The zero-order chi connectivity index (χ0) is 16.9. The lowest BCUT2D eigenvalue weighted by Gasteiger charge is -2.23. The molecule has 0 saturated carbocycles. The van der Waals surface area contributed by atoms with E-state index in [1.807, 2.05) is 18.0 Å². The molecule has 7 nitrogen and oxygen atoms in total. The highest BCUT2D eigenvalue weighted by molar-refractivity contribution is 5.76. The molecule has 0 bridgehead atoms. The van der Waals surface area contributed by atoms with Gasteiger partial charge in [-0.05, 0) is 31.0 Å². The van der Waals surface area contributed by atoms with Gasteiger partial charge in [0.25, 0.3) is 0 Å². The Morgan fingerprint density at radius 3 is 2.96 bits per heavy atom. The molecule has 7 heteroatoms. The third-order valence-electron chi connectivity index (χ3n) is 4.11. The van der Waals surface area contributed by atoms with Crippen LogP contribution in [-0.4, -0.2) is 51.8 Å². The number of rotatable bonds is 3. The van der Waals surface area contributed by atoms with Crippen LogP contribution in [0.15, 0.2) is 30.7 Å². The van der Waals surface area contributed by atoms with Crippen LogP contribution in [0.4, 0.5) is 5.82 Å².